The number of methoxy groups -OCH3 is 1. The molecular weight excluding hydrogens is 328 g/mol. The molecule has 24 heavy (non-hydrogen) atoms. The summed E-state index contributed by atoms with van der Waals surface area (Å²) < 4.78 is 31.2. The lowest BCUT2D eigenvalue weighted by molar-refractivity contribution is -0.133. The summed E-state index contributed by atoms with van der Waals surface area (Å²) >= 11 is 0. The zero-order valence-electron chi connectivity index (χ0n) is 14.6. The lowest BCUT2D eigenvalue weighted by Crippen LogP contribution is -2.51. The van der Waals surface area contributed by atoms with Crippen molar-refractivity contribution in [3.05, 3.63) is 24.3 Å². The van der Waals surface area contributed by atoms with Gasteiger partial charge in [0.25, 0.3) is 0 Å². The van der Waals surface area contributed by atoms with Gasteiger partial charge in [-0.15, -0.1) is 0 Å². The van der Waals surface area contributed by atoms with Crippen LogP contribution >= 0.6 is 0 Å². The first kappa shape index (κ1) is 18.6. The van der Waals surface area contributed by atoms with Crippen molar-refractivity contribution in [2.45, 2.75) is 38.6 Å². The summed E-state index contributed by atoms with van der Waals surface area (Å²) in [7, 11) is -2.03. The number of ether oxygens (including phenoxy) is 1. The minimum atomic E-state index is -3.59. The third-order valence-electron chi connectivity index (χ3n) is 4.31. The van der Waals surface area contributed by atoms with E-state index < -0.39 is 16.1 Å². The van der Waals surface area contributed by atoms with Gasteiger partial charge in [-0.05, 0) is 49.9 Å². The summed E-state index contributed by atoms with van der Waals surface area (Å²) in [6.45, 7) is 3.25. The van der Waals surface area contributed by atoms with Gasteiger partial charge in [0.1, 0.15) is 11.8 Å². The number of nitrogens with zero attached hydrogens (tertiary/aromatic N) is 2. The van der Waals surface area contributed by atoms with E-state index in [4.69, 9.17) is 4.74 Å². The Hall–Kier alpha value is -1.76. The second-order valence-electron chi connectivity index (χ2n) is 6.07. The lowest BCUT2D eigenvalue weighted by atomic mass is 10.1. The molecule has 1 atom stereocenters. The highest BCUT2D eigenvalue weighted by atomic mass is 32.2. The van der Waals surface area contributed by atoms with E-state index in [1.165, 1.54) is 4.31 Å². The first-order valence-corrected chi connectivity index (χ1v) is 10.2. The van der Waals surface area contributed by atoms with E-state index in [-0.39, 0.29) is 5.91 Å². The Kier molecular flexibility index (Phi) is 6.10. The number of hydrogen-bond acceptors (Lipinski definition) is 4. The van der Waals surface area contributed by atoms with Crippen molar-refractivity contribution in [3.63, 3.8) is 0 Å². The SMILES string of the molecule is CC[C@H](C(=O)N1CCCCC1)N(c1ccc(OC)cc1)S(C)(=O)=O. The van der Waals surface area contributed by atoms with Crippen LogP contribution in [-0.2, 0) is 14.8 Å². The van der Waals surface area contributed by atoms with E-state index in [0.29, 0.717) is 30.9 Å². The molecule has 0 spiro atoms. The van der Waals surface area contributed by atoms with E-state index in [1.807, 2.05) is 6.92 Å². The minimum absolute atomic E-state index is 0.113. The Labute approximate surface area is 144 Å². The van der Waals surface area contributed by atoms with Gasteiger partial charge in [-0.1, -0.05) is 6.92 Å². The summed E-state index contributed by atoms with van der Waals surface area (Å²) in [6.07, 6.45) is 4.64. The van der Waals surface area contributed by atoms with Gasteiger partial charge in [0.05, 0.1) is 19.1 Å². The molecule has 1 aromatic carbocycles. The van der Waals surface area contributed by atoms with Crippen LogP contribution in [0.15, 0.2) is 24.3 Å². The molecular formula is C17H26N2O4S. The van der Waals surface area contributed by atoms with Crippen LogP contribution in [-0.4, -0.2) is 51.7 Å². The monoisotopic (exact) mass is 354 g/mol. The second kappa shape index (κ2) is 7.88. The topological polar surface area (TPSA) is 66.9 Å². The van der Waals surface area contributed by atoms with Crippen LogP contribution < -0.4 is 9.04 Å². The molecule has 0 N–H and O–H groups in total. The van der Waals surface area contributed by atoms with Crippen molar-refractivity contribution in [1.82, 2.24) is 4.90 Å². The van der Waals surface area contributed by atoms with Crippen molar-refractivity contribution < 1.29 is 17.9 Å². The lowest BCUT2D eigenvalue weighted by Gasteiger charge is -2.35. The number of carbonyl (C=O) groups excluding carboxylic acids is 1. The largest absolute Gasteiger partial charge is 0.497 e. The van der Waals surface area contributed by atoms with Crippen molar-refractivity contribution in [2.24, 2.45) is 0 Å². The Morgan fingerprint density at radius 3 is 2.25 bits per heavy atom. The highest BCUT2D eigenvalue weighted by molar-refractivity contribution is 7.92. The molecule has 0 unspecified atom stereocenters. The van der Waals surface area contributed by atoms with Crippen LogP contribution in [0.5, 0.6) is 5.75 Å². The molecule has 1 aliphatic heterocycles. The van der Waals surface area contributed by atoms with Gasteiger partial charge in [-0.25, -0.2) is 8.42 Å². The van der Waals surface area contributed by atoms with Crippen LogP contribution in [0.1, 0.15) is 32.6 Å². The fourth-order valence-corrected chi connectivity index (χ4v) is 4.30. The summed E-state index contributed by atoms with van der Waals surface area (Å²) in [6, 6.07) is 6.03. The summed E-state index contributed by atoms with van der Waals surface area (Å²) in [4.78, 5) is 14.7. The highest BCUT2D eigenvalue weighted by Gasteiger charge is 2.34. The molecule has 1 heterocycles. The van der Waals surface area contributed by atoms with Gasteiger partial charge in [0, 0.05) is 13.1 Å². The van der Waals surface area contributed by atoms with Crippen molar-refractivity contribution in [2.75, 3.05) is 30.8 Å². The van der Waals surface area contributed by atoms with E-state index in [0.717, 1.165) is 25.5 Å². The molecule has 6 nitrogen and oxygen atoms in total. The first-order valence-electron chi connectivity index (χ1n) is 8.30. The molecule has 0 bridgehead atoms. The molecule has 7 heteroatoms. The average Bonchev–Trinajstić information content (AvgIpc) is 2.59. The molecule has 1 aliphatic rings. The summed E-state index contributed by atoms with van der Waals surface area (Å²) in [5.41, 5.74) is 0.482. The molecule has 0 saturated carbocycles. The van der Waals surface area contributed by atoms with Gasteiger partial charge in [0.2, 0.25) is 15.9 Å². The van der Waals surface area contributed by atoms with Gasteiger partial charge in [-0.3, -0.25) is 9.10 Å². The third-order valence-corrected chi connectivity index (χ3v) is 5.49. The second-order valence-corrected chi connectivity index (χ2v) is 7.93. The van der Waals surface area contributed by atoms with E-state index in [1.54, 1.807) is 36.3 Å². The number of benzene rings is 1. The quantitative estimate of drug-likeness (QED) is 0.786. The molecule has 1 fully saturated rings. The highest BCUT2D eigenvalue weighted by Crippen LogP contribution is 2.26. The fourth-order valence-electron chi connectivity index (χ4n) is 3.10. The fraction of sp³-hybridized carbons (Fsp3) is 0.588. The molecule has 2 rings (SSSR count). The average molecular weight is 354 g/mol. The maximum absolute atomic E-state index is 12.9. The predicted molar refractivity (Wildman–Crippen MR) is 94.8 cm³/mol. The molecule has 134 valence electrons. The van der Waals surface area contributed by atoms with Crippen LogP contribution in [0, 0.1) is 0 Å². The smallest absolute Gasteiger partial charge is 0.246 e. The maximum Gasteiger partial charge on any atom is 0.246 e. The first-order chi connectivity index (χ1) is 11.4. The number of rotatable bonds is 6. The van der Waals surface area contributed by atoms with Crippen LogP contribution in [0.25, 0.3) is 0 Å². The molecule has 0 aliphatic carbocycles. The molecule has 0 radical (unpaired) electrons. The predicted octanol–water partition coefficient (Wildman–Crippen LogP) is 2.25. The van der Waals surface area contributed by atoms with E-state index in [9.17, 15) is 13.2 Å². The van der Waals surface area contributed by atoms with Gasteiger partial charge < -0.3 is 9.64 Å². The molecule has 0 aromatic heterocycles. The molecule has 1 saturated heterocycles. The number of piperidine rings is 1. The minimum Gasteiger partial charge on any atom is -0.497 e. The summed E-state index contributed by atoms with van der Waals surface area (Å²) in [5.74, 6) is 0.529. The molecule has 1 aromatic rings. The third kappa shape index (κ3) is 4.20. The number of hydrogen-bond donors (Lipinski definition) is 0. The van der Waals surface area contributed by atoms with Crippen molar-refractivity contribution in [3.8, 4) is 5.75 Å². The zero-order valence-corrected chi connectivity index (χ0v) is 15.4. The van der Waals surface area contributed by atoms with E-state index in [2.05, 4.69) is 0 Å². The Bertz CT molecular complexity index is 652. The summed E-state index contributed by atoms with van der Waals surface area (Å²) in [5, 5.41) is 0. The van der Waals surface area contributed by atoms with Gasteiger partial charge in [0.15, 0.2) is 0 Å². The zero-order chi connectivity index (χ0) is 17.7. The Morgan fingerprint density at radius 2 is 1.79 bits per heavy atom. The van der Waals surface area contributed by atoms with Crippen LogP contribution in [0.3, 0.4) is 0 Å². The number of amides is 1. The van der Waals surface area contributed by atoms with Gasteiger partial charge >= 0.3 is 0 Å². The number of likely N-dealkylation sites (tertiary alicyclic amines) is 1. The Balaban J connectivity index is 2.35. The Morgan fingerprint density at radius 1 is 1.21 bits per heavy atom. The number of carbonyl (C=O) groups is 1. The van der Waals surface area contributed by atoms with Crippen LogP contribution in [0.2, 0.25) is 0 Å². The maximum atomic E-state index is 12.9. The van der Waals surface area contributed by atoms with Crippen LogP contribution in [0.4, 0.5) is 5.69 Å². The van der Waals surface area contributed by atoms with Gasteiger partial charge in [-0.2, -0.15) is 0 Å². The molecule has 1 amide bonds. The van der Waals surface area contributed by atoms with E-state index >= 15 is 0 Å². The number of sulfonamides is 1. The van der Waals surface area contributed by atoms with Crippen molar-refractivity contribution in [1.29, 1.82) is 0 Å². The normalized spacial score (nSPS) is 16.5. The van der Waals surface area contributed by atoms with Crippen molar-refractivity contribution >= 4 is 21.6 Å². The standard InChI is InChI=1S/C17H26N2O4S/c1-4-16(17(20)18-12-6-5-7-13-18)19(24(3,21)22)14-8-10-15(23-2)11-9-14/h8-11,16H,4-7,12-13H2,1-3H3/t16-/m1/s1. The number of anilines is 1.